The summed E-state index contributed by atoms with van der Waals surface area (Å²) in [7, 11) is 1.85. The number of nitrogens with zero attached hydrogens (tertiary/aromatic N) is 2. The van der Waals surface area contributed by atoms with Crippen LogP contribution in [0.4, 0.5) is 10.1 Å². The van der Waals surface area contributed by atoms with E-state index in [2.05, 4.69) is 5.32 Å². The van der Waals surface area contributed by atoms with Gasteiger partial charge in [-0.3, -0.25) is 9.59 Å². The van der Waals surface area contributed by atoms with Gasteiger partial charge in [-0.15, -0.1) is 0 Å². The van der Waals surface area contributed by atoms with Gasteiger partial charge in [0, 0.05) is 43.6 Å². The molecule has 0 unspecified atom stereocenters. The van der Waals surface area contributed by atoms with E-state index in [1.54, 1.807) is 29.2 Å². The van der Waals surface area contributed by atoms with E-state index in [4.69, 9.17) is 11.6 Å². The van der Waals surface area contributed by atoms with Crippen molar-refractivity contribution in [1.29, 1.82) is 0 Å². The second kappa shape index (κ2) is 6.53. The number of fused-ring (bicyclic) bond motifs is 1. The number of anilines is 1. The predicted octanol–water partition coefficient (Wildman–Crippen LogP) is 3.29. The Balaban J connectivity index is 1.55. The molecular weight excluding hydrogens is 369 g/mol. The van der Waals surface area contributed by atoms with Gasteiger partial charge in [-0.1, -0.05) is 17.7 Å². The summed E-state index contributed by atoms with van der Waals surface area (Å²) < 4.78 is 13.7. The second-order valence-electron chi connectivity index (χ2n) is 7.01. The Morgan fingerprint density at radius 1 is 1.19 bits per heavy atom. The third kappa shape index (κ3) is 3.04. The number of rotatable bonds is 1. The molecule has 2 aromatic carbocycles. The molecule has 1 fully saturated rings. The van der Waals surface area contributed by atoms with E-state index >= 15 is 0 Å². The average Bonchev–Trinajstić information content (AvgIpc) is 2.66. The molecule has 140 valence electrons. The van der Waals surface area contributed by atoms with E-state index in [0.717, 1.165) is 0 Å². The van der Waals surface area contributed by atoms with Crippen molar-refractivity contribution < 1.29 is 14.0 Å². The van der Waals surface area contributed by atoms with E-state index in [9.17, 15) is 14.0 Å². The molecule has 7 heteroatoms. The number of carbonyl (C=O) groups is 2. The molecule has 0 bridgehead atoms. The number of hydrogen-bond donors (Lipinski definition) is 1. The summed E-state index contributed by atoms with van der Waals surface area (Å²) in [6.07, 6.45) is 1.11. The summed E-state index contributed by atoms with van der Waals surface area (Å²) in [6.45, 7) is 0.973. The Labute approximate surface area is 161 Å². The molecule has 0 aliphatic carbocycles. The number of nitrogens with one attached hydrogen (secondary N) is 1. The predicted molar refractivity (Wildman–Crippen MR) is 102 cm³/mol. The highest BCUT2D eigenvalue weighted by Gasteiger charge is 2.45. The zero-order chi connectivity index (χ0) is 19.2. The quantitative estimate of drug-likeness (QED) is 0.817. The minimum Gasteiger partial charge on any atom is -0.351 e. The molecule has 0 radical (unpaired) electrons. The number of likely N-dealkylation sites (tertiary alicyclic amines) is 1. The lowest BCUT2D eigenvalue weighted by Crippen LogP contribution is -2.67. The first kappa shape index (κ1) is 17.8. The first-order valence-corrected chi connectivity index (χ1v) is 9.18. The molecule has 2 aliphatic heterocycles. The molecule has 1 N–H and O–H groups in total. The van der Waals surface area contributed by atoms with Crippen molar-refractivity contribution in [2.75, 3.05) is 25.0 Å². The Hall–Kier alpha value is -2.60. The fraction of sp³-hybridized carbons (Fsp3) is 0.300. The summed E-state index contributed by atoms with van der Waals surface area (Å²) in [6, 6.07) is 11.1. The fourth-order valence-electron chi connectivity index (χ4n) is 3.91. The number of benzene rings is 2. The zero-order valence-electron chi connectivity index (χ0n) is 14.8. The van der Waals surface area contributed by atoms with Crippen LogP contribution in [0.15, 0.2) is 42.5 Å². The highest BCUT2D eigenvalue weighted by Crippen LogP contribution is 2.36. The van der Waals surface area contributed by atoms with Crippen LogP contribution in [0.1, 0.15) is 33.6 Å². The highest BCUT2D eigenvalue weighted by atomic mass is 35.5. The molecule has 0 saturated carbocycles. The van der Waals surface area contributed by atoms with Gasteiger partial charge in [-0.25, -0.2) is 4.39 Å². The Kier molecular flexibility index (Phi) is 4.30. The SMILES string of the molecule is CN1c2cc(F)ccc2C(=O)NC12CCN(C(=O)c1cccc(Cl)c1)CC2. The summed E-state index contributed by atoms with van der Waals surface area (Å²) in [4.78, 5) is 29.0. The molecule has 0 aromatic heterocycles. The van der Waals surface area contributed by atoms with Gasteiger partial charge < -0.3 is 15.1 Å². The number of halogens is 2. The van der Waals surface area contributed by atoms with Crippen LogP contribution in [0.3, 0.4) is 0 Å². The van der Waals surface area contributed by atoms with Gasteiger partial charge in [0.25, 0.3) is 11.8 Å². The van der Waals surface area contributed by atoms with Crippen LogP contribution >= 0.6 is 11.6 Å². The van der Waals surface area contributed by atoms with Crippen LogP contribution < -0.4 is 10.2 Å². The minimum absolute atomic E-state index is 0.0800. The second-order valence-corrected chi connectivity index (χ2v) is 7.45. The van der Waals surface area contributed by atoms with Crippen LogP contribution in [-0.2, 0) is 0 Å². The maximum atomic E-state index is 13.7. The lowest BCUT2D eigenvalue weighted by molar-refractivity contribution is 0.0609. The van der Waals surface area contributed by atoms with Crippen LogP contribution in [0.25, 0.3) is 0 Å². The van der Waals surface area contributed by atoms with Gasteiger partial charge in [-0.2, -0.15) is 0 Å². The third-order valence-corrected chi connectivity index (χ3v) is 5.74. The van der Waals surface area contributed by atoms with E-state index in [-0.39, 0.29) is 17.6 Å². The summed E-state index contributed by atoms with van der Waals surface area (Å²) in [5.41, 5.74) is 0.963. The monoisotopic (exact) mass is 387 g/mol. The average molecular weight is 388 g/mol. The maximum absolute atomic E-state index is 13.7. The Morgan fingerprint density at radius 2 is 1.93 bits per heavy atom. The van der Waals surface area contributed by atoms with Crippen molar-refractivity contribution >= 4 is 29.1 Å². The molecule has 2 aliphatic rings. The van der Waals surface area contributed by atoms with Crippen molar-refractivity contribution in [2.24, 2.45) is 0 Å². The summed E-state index contributed by atoms with van der Waals surface area (Å²) in [5.74, 6) is -0.666. The third-order valence-electron chi connectivity index (χ3n) is 5.50. The molecule has 1 spiro atoms. The largest absolute Gasteiger partial charge is 0.351 e. The van der Waals surface area contributed by atoms with Crippen LogP contribution in [0.5, 0.6) is 0 Å². The molecule has 1 saturated heterocycles. The molecule has 4 rings (SSSR count). The van der Waals surface area contributed by atoms with Crippen LogP contribution in [-0.4, -0.2) is 42.5 Å². The van der Waals surface area contributed by atoms with E-state index in [0.29, 0.717) is 47.8 Å². The molecule has 27 heavy (non-hydrogen) atoms. The summed E-state index contributed by atoms with van der Waals surface area (Å²) >= 11 is 5.98. The lowest BCUT2D eigenvalue weighted by atomic mass is 9.90. The number of piperidine rings is 1. The molecule has 2 aromatic rings. The molecular formula is C20H19ClFN3O2. The first-order valence-electron chi connectivity index (χ1n) is 8.80. The Bertz CT molecular complexity index is 925. The van der Waals surface area contributed by atoms with Gasteiger partial charge in [0.15, 0.2) is 0 Å². The standard InChI is InChI=1S/C20H19ClFN3O2/c1-24-17-12-15(22)5-6-16(17)18(26)23-20(24)7-9-25(10-8-20)19(27)13-3-2-4-14(21)11-13/h2-6,11-12H,7-10H2,1H3,(H,23,26). The minimum atomic E-state index is -0.622. The van der Waals surface area contributed by atoms with Gasteiger partial charge in [-0.05, 0) is 36.4 Å². The van der Waals surface area contributed by atoms with Gasteiger partial charge >= 0.3 is 0 Å². The van der Waals surface area contributed by atoms with Gasteiger partial charge in [0.2, 0.25) is 0 Å². The Morgan fingerprint density at radius 3 is 2.63 bits per heavy atom. The van der Waals surface area contributed by atoms with E-state index in [1.807, 2.05) is 11.9 Å². The first-order chi connectivity index (χ1) is 12.9. The highest BCUT2D eigenvalue weighted by molar-refractivity contribution is 6.30. The van der Waals surface area contributed by atoms with Crippen molar-refractivity contribution in [3.05, 3.63) is 64.4 Å². The molecule has 0 atom stereocenters. The zero-order valence-corrected chi connectivity index (χ0v) is 15.6. The molecule has 5 nitrogen and oxygen atoms in total. The number of hydrogen-bond acceptors (Lipinski definition) is 3. The van der Waals surface area contributed by atoms with Crippen molar-refractivity contribution in [3.63, 3.8) is 0 Å². The van der Waals surface area contributed by atoms with Crippen LogP contribution in [0, 0.1) is 5.82 Å². The summed E-state index contributed by atoms with van der Waals surface area (Å²) in [5, 5.41) is 3.59. The van der Waals surface area contributed by atoms with Gasteiger partial charge in [0.05, 0.1) is 11.3 Å². The van der Waals surface area contributed by atoms with Crippen molar-refractivity contribution in [3.8, 4) is 0 Å². The number of carbonyl (C=O) groups excluding carboxylic acids is 2. The van der Waals surface area contributed by atoms with Crippen molar-refractivity contribution in [1.82, 2.24) is 10.2 Å². The van der Waals surface area contributed by atoms with Crippen molar-refractivity contribution in [2.45, 2.75) is 18.5 Å². The topological polar surface area (TPSA) is 52.7 Å². The van der Waals surface area contributed by atoms with Gasteiger partial charge in [0.1, 0.15) is 11.5 Å². The molecule has 2 amide bonds. The maximum Gasteiger partial charge on any atom is 0.255 e. The fourth-order valence-corrected chi connectivity index (χ4v) is 4.10. The van der Waals surface area contributed by atoms with E-state index in [1.165, 1.54) is 18.2 Å². The van der Waals surface area contributed by atoms with Crippen LogP contribution in [0.2, 0.25) is 5.02 Å². The smallest absolute Gasteiger partial charge is 0.255 e. The lowest BCUT2D eigenvalue weighted by Gasteiger charge is -2.51. The van der Waals surface area contributed by atoms with E-state index < -0.39 is 5.66 Å². The molecule has 2 heterocycles. The number of amides is 2. The normalized spacial score (nSPS) is 18.3.